The Labute approximate surface area is 162 Å². The third-order valence-corrected chi connectivity index (χ3v) is 5.26. The molecule has 10 heteroatoms. The highest BCUT2D eigenvalue weighted by molar-refractivity contribution is 5.83. The molecule has 10 nitrogen and oxygen atoms in total. The molecular weight excluding hydrogens is 362 g/mol. The first-order valence-electron chi connectivity index (χ1n) is 9.30. The first-order chi connectivity index (χ1) is 13.5. The molecule has 0 radical (unpaired) electrons. The standard InChI is InChI=1S/C18H23N7O3/c1-13-14(2)25(12-21-13)16-9-15(19-11-20-16)22-3-5-23(6-4-22)17(26)10-24-7-8-28-18(24)27/h9,11-12H,3-8,10H2,1-2H3. The molecule has 2 aromatic rings. The number of anilines is 1. The average Bonchev–Trinajstić information content (AvgIpc) is 3.27. The van der Waals surface area contributed by atoms with Crippen LogP contribution in [-0.2, 0) is 9.53 Å². The molecule has 2 aliphatic heterocycles. The summed E-state index contributed by atoms with van der Waals surface area (Å²) in [5.74, 6) is 1.55. The maximum atomic E-state index is 12.4. The molecule has 0 aliphatic carbocycles. The largest absolute Gasteiger partial charge is 0.448 e. The fourth-order valence-electron chi connectivity index (χ4n) is 3.39. The van der Waals surface area contributed by atoms with Crippen molar-refractivity contribution in [3.05, 3.63) is 30.1 Å². The quantitative estimate of drug-likeness (QED) is 0.751. The van der Waals surface area contributed by atoms with Crippen molar-refractivity contribution < 1.29 is 14.3 Å². The Morgan fingerprint density at radius 1 is 1.07 bits per heavy atom. The maximum Gasteiger partial charge on any atom is 0.410 e. The van der Waals surface area contributed by atoms with Crippen molar-refractivity contribution in [2.24, 2.45) is 0 Å². The van der Waals surface area contributed by atoms with Crippen LogP contribution in [0.3, 0.4) is 0 Å². The number of rotatable bonds is 4. The van der Waals surface area contributed by atoms with Crippen LogP contribution in [-0.4, -0.2) is 87.2 Å². The van der Waals surface area contributed by atoms with E-state index in [4.69, 9.17) is 4.74 Å². The Morgan fingerprint density at radius 3 is 2.46 bits per heavy atom. The lowest BCUT2D eigenvalue weighted by molar-refractivity contribution is -0.132. The van der Waals surface area contributed by atoms with Gasteiger partial charge in [0.15, 0.2) is 0 Å². The monoisotopic (exact) mass is 385 g/mol. The van der Waals surface area contributed by atoms with E-state index in [0.717, 1.165) is 23.0 Å². The van der Waals surface area contributed by atoms with Crippen LogP contribution in [0.5, 0.6) is 0 Å². The minimum atomic E-state index is -0.412. The minimum Gasteiger partial charge on any atom is -0.448 e. The van der Waals surface area contributed by atoms with Crippen molar-refractivity contribution in [1.29, 1.82) is 0 Å². The van der Waals surface area contributed by atoms with Crippen LogP contribution >= 0.6 is 0 Å². The second-order valence-corrected chi connectivity index (χ2v) is 6.92. The number of imidazole rings is 1. The van der Waals surface area contributed by atoms with Gasteiger partial charge in [-0.2, -0.15) is 0 Å². The number of ether oxygens (including phenoxy) is 1. The topological polar surface area (TPSA) is 96.7 Å². The number of amides is 2. The number of cyclic esters (lactones) is 1. The van der Waals surface area contributed by atoms with E-state index < -0.39 is 6.09 Å². The number of aryl methyl sites for hydroxylation is 1. The van der Waals surface area contributed by atoms with E-state index in [1.165, 1.54) is 4.90 Å². The summed E-state index contributed by atoms with van der Waals surface area (Å²) in [6.45, 7) is 7.40. The molecule has 4 heterocycles. The van der Waals surface area contributed by atoms with Crippen LogP contribution in [0.1, 0.15) is 11.4 Å². The lowest BCUT2D eigenvalue weighted by Gasteiger charge is -2.35. The number of carbonyl (C=O) groups is 2. The minimum absolute atomic E-state index is 0.0496. The van der Waals surface area contributed by atoms with E-state index in [-0.39, 0.29) is 12.5 Å². The number of piperazine rings is 1. The van der Waals surface area contributed by atoms with E-state index in [1.54, 1.807) is 17.6 Å². The molecule has 2 aliphatic rings. The molecule has 2 aromatic heterocycles. The number of aromatic nitrogens is 4. The van der Waals surface area contributed by atoms with E-state index >= 15 is 0 Å². The van der Waals surface area contributed by atoms with Gasteiger partial charge in [-0.25, -0.2) is 19.7 Å². The predicted octanol–water partition coefficient (Wildman–Crippen LogP) is 0.380. The summed E-state index contributed by atoms with van der Waals surface area (Å²) in [4.78, 5) is 42.4. The van der Waals surface area contributed by atoms with Gasteiger partial charge in [-0.05, 0) is 13.8 Å². The summed E-state index contributed by atoms with van der Waals surface area (Å²) < 4.78 is 6.81. The molecule has 28 heavy (non-hydrogen) atoms. The second-order valence-electron chi connectivity index (χ2n) is 6.92. The van der Waals surface area contributed by atoms with Gasteiger partial charge in [-0.3, -0.25) is 14.3 Å². The lowest BCUT2D eigenvalue weighted by atomic mass is 10.3. The van der Waals surface area contributed by atoms with Gasteiger partial charge in [0.2, 0.25) is 5.91 Å². The number of carbonyl (C=O) groups excluding carboxylic acids is 2. The molecule has 0 aromatic carbocycles. The van der Waals surface area contributed by atoms with E-state index in [2.05, 4.69) is 19.9 Å². The summed E-state index contributed by atoms with van der Waals surface area (Å²) in [6.07, 6.45) is 2.90. The van der Waals surface area contributed by atoms with E-state index in [0.29, 0.717) is 39.3 Å². The van der Waals surface area contributed by atoms with Gasteiger partial charge in [0.25, 0.3) is 0 Å². The van der Waals surface area contributed by atoms with Crippen LogP contribution in [0.25, 0.3) is 5.82 Å². The molecule has 4 rings (SSSR count). The van der Waals surface area contributed by atoms with Crippen molar-refractivity contribution in [3.63, 3.8) is 0 Å². The fraction of sp³-hybridized carbons (Fsp3) is 0.500. The Kier molecular flexibility index (Phi) is 4.84. The third kappa shape index (κ3) is 3.49. The number of nitrogens with zero attached hydrogens (tertiary/aromatic N) is 7. The normalized spacial score (nSPS) is 17.2. The summed E-state index contributed by atoms with van der Waals surface area (Å²) in [5, 5.41) is 0. The van der Waals surface area contributed by atoms with Gasteiger partial charge in [-0.15, -0.1) is 0 Å². The molecule has 148 valence electrons. The van der Waals surface area contributed by atoms with Crippen LogP contribution in [0, 0.1) is 13.8 Å². The van der Waals surface area contributed by atoms with Gasteiger partial charge in [0.1, 0.15) is 37.4 Å². The summed E-state index contributed by atoms with van der Waals surface area (Å²) >= 11 is 0. The molecular formula is C18H23N7O3. The first-order valence-corrected chi connectivity index (χ1v) is 9.30. The van der Waals surface area contributed by atoms with Gasteiger partial charge in [0, 0.05) is 37.9 Å². The Balaban J connectivity index is 1.38. The van der Waals surface area contributed by atoms with E-state index in [1.807, 2.05) is 24.5 Å². The van der Waals surface area contributed by atoms with Crippen LogP contribution in [0.2, 0.25) is 0 Å². The van der Waals surface area contributed by atoms with Crippen molar-refractivity contribution in [2.45, 2.75) is 13.8 Å². The van der Waals surface area contributed by atoms with Crippen molar-refractivity contribution in [1.82, 2.24) is 29.3 Å². The SMILES string of the molecule is Cc1ncn(-c2cc(N3CCN(C(=O)CN4CCOC4=O)CC3)ncn2)c1C. The zero-order chi connectivity index (χ0) is 19.7. The summed E-state index contributed by atoms with van der Waals surface area (Å²) in [6, 6.07) is 1.94. The predicted molar refractivity (Wildman–Crippen MR) is 100 cm³/mol. The third-order valence-electron chi connectivity index (χ3n) is 5.26. The molecule has 0 bridgehead atoms. The Hall–Kier alpha value is -3.17. The molecule has 0 unspecified atom stereocenters. The van der Waals surface area contributed by atoms with Gasteiger partial charge in [-0.1, -0.05) is 0 Å². The van der Waals surface area contributed by atoms with Crippen molar-refractivity contribution >= 4 is 17.8 Å². The average molecular weight is 385 g/mol. The Bertz CT molecular complexity index is 889. The highest BCUT2D eigenvalue weighted by Crippen LogP contribution is 2.18. The molecule has 0 spiro atoms. The van der Waals surface area contributed by atoms with Crippen molar-refractivity contribution in [3.8, 4) is 5.82 Å². The van der Waals surface area contributed by atoms with Crippen molar-refractivity contribution in [2.75, 3.05) is 50.8 Å². The molecule has 0 saturated carbocycles. The summed E-state index contributed by atoms with van der Waals surface area (Å²) in [7, 11) is 0. The smallest absolute Gasteiger partial charge is 0.410 e. The van der Waals surface area contributed by atoms with Crippen LogP contribution in [0.15, 0.2) is 18.7 Å². The first kappa shape index (κ1) is 18.2. The molecule has 0 N–H and O–H groups in total. The summed E-state index contributed by atoms with van der Waals surface area (Å²) in [5.41, 5.74) is 2.01. The highest BCUT2D eigenvalue weighted by Gasteiger charge is 2.28. The zero-order valence-corrected chi connectivity index (χ0v) is 16.0. The van der Waals surface area contributed by atoms with Crippen LogP contribution in [0.4, 0.5) is 10.6 Å². The second kappa shape index (κ2) is 7.45. The lowest BCUT2D eigenvalue weighted by Crippen LogP contribution is -2.51. The number of hydrogen-bond donors (Lipinski definition) is 0. The highest BCUT2D eigenvalue weighted by atomic mass is 16.6. The fourth-order valence-corrected chi connectivity index (χ4v) is 3.39. The molecule has 0 atom stereocenters. The molecule has 2 fully saturated rings. The molecule has 2 amide bonds. The maximum absolute atomic E-state index is 12.4. The molecule has 2 saturated heterocycles. The van der Waals surface area contributed by atoms with Gasteiger partial charge >= 0.3 is 6.09 Å². The van der Waals surface area contributed by atoms with Crippen LogP contribution < -0.4 is 4.90 Å². The van der Waals surface area contributed by atoms with Gasteiger partial charge in [0.05, 0.1) is 12.2 Å². The Morgan fingerprint density at radius 2 is 1.82 bits per heavy atom. The number of hydrogen-bond acceptors (Lipinski definition) is 7. The van der Waals surface area contributed by atoms with E-state index in [9.17, 15) is 9.59 Å². The zero-order valence-electron chi connectivity index (χ0n) is 16.0. The van der Waals surface area contributed by atoms with Gasteiger partial charge < -0.3 is 14.5 Å².